The normalized spacial score (nSPS) is 22.3. The third kappa shape index (κ3) is 3.61. The zero-order chi connectivity index (χ0) is 19.4. The number of thioether (sulfide) groups is 1. The second-order valence-electron chi connectivity index (χ2n) is 7.02. The van der Waals surface area contributed by atoms with E-state index in [0.717, 1.165) is 16.7 Å². The summed E-state index contributed by atoms with van der Waals surface area (Å²) in [5.41, 5.74) is 2.30. The van der Waals surface area contributed by atoms with E-state index in [2.05, 4.69) is 36.4 Å². The number of ether oxygens (including phenoxy) is 1. The highest BCUT2D eigenvalue weighted by atomic mass is 32.2. The van der Waals surface area contributed by atoms with Gasteiger partial charge in [-0.15, -0.1) is 0 Å². The fourth-order valence-electron chi connectivity index (χ4n) is 3.79. The summed E-state index contributed by atoms with van der Waals surface area (Å²) in [6.45, 7) is 0.335. The molecule has 4 rings (SSSR count). The van der Waals surface area contributed by atoms with E-state index < -0.39 is 17.8 Å². The summed E-state index contributed by atoms with van der Waals surface area (Å²) in [5, 5.41) is 20.1. The molecular formula is C24H24O3S. The molecule has 0 spiro atoms. The first-order chi connectivity index (χ1) is 13.7. The second-order valence-corrected chi connectivity index (χ2v) is 8.29. The van der Waals surface area contributed by atoms with Crippen LogP contribution in [0.1, 0.15) is 16.7 Å². The molecule has 3 aromatic rings. The van der Waals surface area contributed by atoms with E-state index in [1.54, 1.807) is 11.8 Å². The zero-order valence-corrected chi connectivity index (χ0v) is 16.3. The first-order valence-electron chi connectivity index (χ1n) is 9.50. The highest BCUT2D eigenvalue weighted by molar-refractivity contribution is 8.00. The van der Waals surface area contributed by atoms with E-state index in [0.29, 0.717) is 12.4 Å². The van der Waals surface area contributed by atoms with Gasteiger partial charge in [-0.05, 0) is 16.7 Å². The lowest BCUT2D eigenvalue weighted by Gasteiger charge is -2.37. The summed E-state index contributed by atoms with van der Waals surface area (Å²) in [4.78, 5) is 0. The number of aliphatic hydroxyl groups is 2. The third-order valence-electron chi connectivity index (χ3n) is 5.26. The Morgan fingerprint density at radius 1 is 0.750 bits per heavy atom. The van der Waals surface area contributed by atoms with E-state index in [1.807, 2.05) is 54.6 Å². The van der Waals surface area contributed by atoms with Crippen LogP contribution in [0.3, 0.4) is 0 Å². The molecule has 1 heterocycles. The van der Waals surface area contributed by atoms with Crippen molar-refractivity contribution in [3.05, 3.63) is 108 Å². The zero-order valence-electron chi connectivity index (χ0n) is 15.5. The van der Waals surface area contributed by atoms with Gasteiger partial charge in [-0.25, -0.2) is 0 Å². The molecule has 0 aromatic heterocycles. The summed E-state index contributed by atoms with van der Waals surface area (Å²) >= 11 is 1.56. The van der Waals surface area contributed by atoms with Crippen molar-refractivity contribution < 1.29 is 14.9 Å². The summed E-state index contributed by atoms with van der Waals surface area (Å²) in [5.74, 6) is 0.532. The van der Waals surface area contributed by atoms with E-state index in [-0.39, 0.29) is 5.25 Å². The average Bonchev–Trinajstić information content (AvgIpc) is 3.09. The first-order valence-corrected chi connectivity index (χ1v) is 10.5. The number of aliphatic hydroxyl groups excluding tert-OH is 2. The Morgan fingerprint density at radius 2 is 1.18 bits per heavy atom. The van der Waals surface area contributed by atoms with Crippen LogP contribution in [0.2, 0.25) is 0 Å². The van der Waals surface area contributed by atoms with Crippen LogP contribution in [0.15, 0.2) is 91.0 Å². The topological polar surface area (TPSA) is 49.7 Å². The number of benzene rings is 3. The lowest BCUT2D eigenvalue weighted by atomic mass is 9.80. The van der Waals surface area contributed by atoms with Gasteiger partial charge in [-0.2, -0.15) is 11.8 Å². The Kier molecular flexibility index (Phi) is 5.83. The van der Waals surface area contributed by atoms with Crippen LogP contribution in [-0.4, -0.2) is 40.0 Å². The van der Waals surface area contributed by atoms with Crippen molar-refractivity contribution in [1.29, 1.82) is 0 Å². The maximum absolute atomic E-state index is 10.3. The summed E-state index contributed by atoms with van der Waals surface area (Å²) in [6.07, 6.45) is -1.47. The van der Waals surface area contributed by atoms with Crippen LogP contribution < -0.4 is 0 Å². The van der Waals surface area contributed by atoms with Crippen LogP contribution in [0, 0.1) is 0 Å². The van der Waals surface area contributed by atoms with E-state index in [4.69, 9.17) is 4.74 Å². The molecule has 2 N–H and O–H groups in total. The molecule has 1 aliphatic heterocycles. The van der Waals surface area contributed by atoms with E-state index in [9.17, 15) is 10.2 Å². The Balaban J connectivity index is 1.81. The molecule has 0 radical (unpaired) electrons. The van der Waals surface area contributed by atoms with Crippen molar-refractivity contribution in [2.24, 2.45) is 0 Å². The van der Waals surface area contributed by atoms with Crippen molar-refractivity contribution >= 4 is 11.8 Å². The van der Waals surface area contributed by atoms with Crippen molar-refractivity contribution in [2.75, 3.05) is 12.4 Å². The van der Waals surface area contributed by atoms with E-state index >= 15 is 0 Å². The van der Waals surface area contributed by atoms with Crippen molar-refractivity contribution in [1.82, 2.24) is 0 Å². The molecule has 3 nitrogen and oxygen atoms in total. The van der Waals surface area contributed by atoms with Crippen LogP contribution in [0.4, 0.5) is 0 Å². The molecular weight excluding hydrogens is 368 g/mol. The minimum atomic E-state index is -0.794. The Labute approximate surface area is 170 Å². The minimum absolute atomic E-state index is 0.162. The Morgan fingerprint density at radius 3 is 1.54 bits per heavy atom. The molecule has 0 amide bonds. The monoisotopic (exact) mass is 392 g/mol. The Hall–Kier alpha value is -2.11. The van der Waals surface area contributed by atoms with Gasteiger partial charge < -0.3 is 14.9 Å². The summed E-state index contributed by atoms with van der Waals surface area (Å²) in [6, 6.07) is 30.5. The van der Waals surface area contributed by atoms with Gasteiger partial charge in [-0.3, -0.25) is 0 Å². The molecule has 0 bridgehead atoms. The van der Waals surface area contributed by atoms with Gasteiger partial charge in [-0.1, -0.05) is 91.0 Å². The molecule has 1 fully saturated rings. The second kappa shape index (κ2) is 8.50. The largest absolute Gasteiger partial charge is 0.390 e. The van der Waals surface area contributed by atoms with Gasteiger partial charge in [0, 0.05) is 5.75 Å². The maximum Gasteiger partial charge on any atom is 0.143 e. The molecule has 4 heteroatoms. The predicted molar refractivity (Wildman–Crippen MR) is 113 cm³/mol. The molecule has 144 valence electrons. The molecule has 3 aromatic carbocycles. The van der Waals surface area contributed by atoms with Gasteiger partial charge in [0.15, 0.2) is 0 Å². The predicted octanol–water partition coefficient (Wildman–Crippen LogP) is 3.83. The molecule has 0 saturated carbocycles. The number of hydrogen-bond acceptors (Lipinski definition) is 4. The number of hydrogen-bond donors (Lipinski definition) is 2. The molecule has 1 saturated heterocycles. The van der Waals surface area contributed by atoms with Gasteiger partial charge >= 0.3 is 0 Å². The van der Waals surface area contributed by atoms with Crippen LogP contribution in [-0.2, 0) is 10.3 Å². The van der Waals surface area contributed by atoms with Gasteiger partial charge in [0.25, 0.3) is 0 Å². The quantitative estimate of drug-likeness (QED) is 0.626. The van der Waals surface area contributed by atoms with Gasteiger partial charge in [0.05, 0.1) is 24.1 Å². The molecule has 28 heavy (non-hydrogen) atoms. The molecule has 0 unspecified atom stereocenters. The molecule has 1 aliphatic rings. The van der Waals surface area contributed by atoms with Crippen LogP contribution >= 0.6 is 11.8 Å². The van der Waals surface area contributed by atoms with Crippen LogP contribution in [0.5, 0.6) is 0 Å². The standard InChI is InChI=1S/C24H24O3S/c25-21-17-28-22(23(21)26)16-27-24(18-10-4-1-5-11-18,19-12-6-2-7-13-19)20-14-8-3-9-15-20/h1-15,21-23,25-26H,16-17H2/t21-,22-,23+/m1/s1. The number of rotatable bonds is 6. The van der Waals surface area contributed by atoms with Gasteiger partial charge in [0.2, 0.25) is 0 Å². The fourth-order valence-corrected chi connectivity index (χ4v) is 4.97. The molecule has 0 aliphatic carbocycles. The van der Waals surface area contributed by atoms with Crippen molar-refractivity contribution in [3.63, 3.8) is 0 Å². The summed E-state index contributed by atoms with van der Waals surface area (Å²) < 4.78 is 6.70. The Bertz CT molecular complexity index is 773. The average molecular weight is 393 g/mol. The lowest BCUT2D eigenvalue weighted by Crippen LogP contribution is -2.38. The van der Waals surface area contributed by atoms with Gasteiger partial charge in [0.1, 0.15) is 5.60 Å². The lowest BCUT2D eigenvalue weighted by molar-refractivity contribution is -0.0197. The SMILES string of the molecule is O[C@H]1[C@H](O)CS[C@@H]1COC(c1ccccc1)(c1ccccc1)c1ccccc1. The minimum Gasteiger partial charge on any atom is -0.390 e. The summed E-state index contributed by atoms with van der Waals surface area (Å²) in [7, 11) is 0. The van der Waals surface area contributed by atoms with Crippen LogP contribution in [0.25, 0.3) is 0 Å². The highest BCUT2D eigenvalue weighted by Gasteiger charge is 2.41. The van der Waals surface area contributed by atoms with Crippen molar-refractivity contribution in [2.45, 2.75) is 23.1 Å². The highest BCUT2D eigenvalue weighted by Crippen LogP contribution is 2.41. The smallest absolute Gasteiger partial charge is 0.143 e. The molecule has 3 atom stereocenters. The van der Waals surface area contributed by atoms with E-state index in [1.165, 1.54) is 0 Å². The maximum atomic E-state index is 10.3. The first kappa shape index (κ1) is 19.2. The fraction of sp³-hybridized carbons (Fsp3) is 0.250. The third-order valence-corrected chi connectivity index (χ3v) is 6.64. The van der Waals surface area contributed by atoms with Crippen molar-refractivity contribution in [3.8, 4) is 0 Å².